The fourth-order valence-corrected chi connectivity index (χ4v) is 2.72. The molecule has 0 saturated carbocycles. The molecule has 2 heterocycles. The number of aliphatic carboxylic acids is 1. The Kier molecular flexibility index (Phi) is 3.79. The smallest absolute Gasteiger partial charge is 0.308 e. The summed E-state index contributed by atoms with van der Waals surface area (Å²) in [5.74, 6) is -1.10. The second-order valence-electron chi connectivity index (χ2n) is 5.51. The predicted molar refractivity (Wildman–Crippen MR) is 76.7 cm³/mol. The van der Waals surface area contributed by atoms with E-state index in [1.165, 1.54) is 12.1 Å². The molecule has 1 amide bonds. The maximum absolute atomic E-state index is 13.1. The van der Waals surface area contributed by atoms with Gasteiger partial charge in [-0.3, -0.25) is 9.59 Å². The van der Waals surface area contributed by atoms with Crippen molar-refractivity contribution in [1.29, 1.82) is 0 Å². The lowest BCUT2D eigenvalue weighted by atomic mass is 10.1. The number of halogens is 1. The minimum atomic E-state index is -0.852. The molecule has 1 aliphatic heterocycles. The number of aromatic nitrogens is 2. The van der Waals surface area contributed by atoms with E-state index >= 15 is 0 Å². The molecule has 22 heavy (non-hydrogen) atoms. The van der Waals surface area contributed by atoms with Gasteiger partial charge in [0.15, 0.2) is 0 Å². The summed E-state index contributed by atoms with van der Waals surface area (Å²) >= 11 is 0. The quantitative estimate of drug-likeness (QED) is 0.897. The van der Waals surface area contributed by atoms with Crippen LogP contribution in [-0.2, 0) is 16.0 Å². The van der Waals surface area contributed by atoms with Crippen molar-refractivity contribution in [2.45, 2.75) is 19.3 Å². The molecule has 1 atom stereocenters. The lowest BCUT2D eigenvalue weighted by Crippen LogP contribution is -2.30. The van der Waals surface area contributed by atoms with Gasteiger partial charge in [0, 0.05) is 25.9 Å². The summed E-state index contributed by atoms with van der Waals surface area (Å²) in [6.07, 6.45) is 1.18. The third-order valence-corrected chi connectivity index (χ3v) is 3.96. The fourth-order valence-electron chi connectivity index (χ4n) is 2.72. The summed E-state index contributed by atoms with van der Waals surface area (Å²) in [5, 5.41) is 8.94. The highest BCUT2D eigenvalue weighted by atomic mass is 19.1. The number of carboxylic acids is 1. The zero-order chi connectivity index (χ0) is 15.7. The molecule has 2 N–H and O–H groups in total. The van der Waals surface area contributed by atoms with Gasteiger partial charge in [0.1, 0.15) is 11.6 Å². The van der Waals surface area contributed by atoms with Crippen LogP contribution in [0.5, 0.6) is 0 Å². The number of fused-ring (bicyclic) bond motifs is 1. The highest BCUT2D eigenvalue weighted by molar-refractivity contribution is 5.79. The van der Waals surface area contributed by atoms with Gasteiger partial charge in [0.05, 0.1) is 17.0 Å². The molecule has 1 saturated heterocycles. The van der Waals surface area contributed by atoms with E-state index in [9.17, 15) is 14.0 Å². The van der Waals surface area contributed by atoms with Crippen LogP contribution in [0.15, 0.2) is 18.2 Å². The second-order valence-corrected chi connectivity index (χ2v) is 5.51. The van der Waals surface area contributed by atoms with Gasteiger partial charge < -0.3 is 15.0 Å². The van der Waals surface area contributed by atoms with Crippen molar-refractivity contribution in [2.75, 3.05) is 13.1 Å². The Labute approximate surface area is 125 Å². The van der Waals surface area contributed by atoms with Crippen molar-refractivity contribution in [2.24, 2.45) is 5.92 Å². The van der Waals surface area contributed by atoms with E-state index in [1.54, 1.807) is 11.0 Å². The lowest BCUT2D eigenvalue weighted by molar-refractivity contribution is -0.141. The van der Waals surface area contributed by atoms with Gasteiger partial charge >= 0.3 is 5.97 Å². The molecule has 0 radical (unpaired) electrons. The van der Waals surface area contributed by atoms with Gasteiger partial charge in [-0.25, -0.2) is 9.37 Å². The molecule has 7 heteroatoms. The average molecular weight is 305 g/mol. The molecular formula is C15H16FN3O3. The number of nitrogens with zero attached hydrogens (tertiary/aromatic N) is 2. The number of likely N-dealkylation sites (tertiary alicyclic amines) is 1. The van der Waals surface area contributed by atoms with E-state index in [0.29, 0.717) is 36.2 Å². The monoisotopic (exact) mass is 305 g/mol. The average Bonchev–Trinajstić information content (AvgIpc) is 3.10. The first-order valence-corrected chi connectivity index (χ1v) is 7.17. The van der Waals surface area contributed by atoms with Crippen LogP contribution in [-0.4, -0.2) is 44.9 Å². The number of amides is 1. The summed E-state index contributed by atoms with van der Waals surface area (Å²) in [6.45, 7) is 0.765. The first kappa shape index (κ1) is 14.5. The highest BCUT2D eigenvalue weighted by Gasteiger charge is 2.30. The number of hydrogen-bond acceptors (Lipinski definition) is 3. The van der Waals surface area contributed by atoms with E-state index < -0.39 is 11.9 Å². The molecule has 0 unspecified atom stereocenters. The summed E-state index contributed by atoms with van der Waals surface area (Å²) in [4.78, 5) is 31.9. The normalized spacial score (nSPS) is 18.0. The Bertz CT molecular complexity index is 728. The lowest BCUT2D eigenvalue weighted by Gasteiger charge is -2.15. The Morgan fingerprint density at radius 2 is 2.27 bits per heavy atom. The van der Waals surface area contributed by atoms with E-state index in [2.05, 4.69) is 9.97 Å². The topological polar surface area (TPSA) is 86.3 Å². The van der Waals surface area contributed by atoms with Gasteiger partial charge in [-0.1, -0.05) is 0 Å². The number of carbonyl (C=O) groups excluding carboxylic acids is 1. The number of imidazole rings is 1. The maximum atomic E-state index is 13.1. The molecule has 3 rings (SSSR count). The minimum Gasteiger partial charge on any atom is -0.481 e. The zero-order valence-electron chi connectivity index (χ0n) is 11.9. The van der Waals surface area contributed by atoms with Gasteiger partial charge in [0.25, 0.3) is 0 Å². The van der Waals surface area contributed by atoms with Crippen LogP contribution in [0.2, 0.25) is 0 Å². The summed E-state index contributed by atoms with van der Waals surface area (Å²) in [7, 11) is 0. The number of carbonyl (C=O) groups is 2. The first-order chi connectivity index (χ1) is 10.5. The number of rotatable bonds is 4. The predicted octanol–water partition coefficient (Wildman–Crippen LogP) is 1.57. The van der Waals surface area contributed by atoms with Crippen molar-refractivity contribution < 1.29 is 19.1 Å². The Balaban J connectivity index is 1.59. The maximum Gasteiger partial charge on any atom is 0.308 e. The number of aromatic amines is 1. The molecule has 2 aromatic rings. The number of H-pyrrole nitrogens is 1. The molecule has 1 aromatic heterocycles. The molecule has 0 aliphatic carbocycles. The van der Waals surface area contributed by atoms with E-state index in [-0.39, 0.29) is 24.7 Å². The second kappa shape index (κ2) is 5.75. The summed E-state index contributed by atoms with van der Waals surface area (Å²) in [5.41, 5.74) is 1.27. The van der Waals surface area contributed by atoms with Crippen molar-refractivity contribution in [3.63, 3.8) is 0 Å². The van der Waals surface area contributed by atoms with Crippen LogP contribution in [0, 0.1) is 11.7 Å². The molecule has 1 aromatic carbocycles. The van der Waals surface area contributed by atoms with Crippen LogP contribution in [0.25, 0.3) is 11.0 Å². The van der Waals surface area contributed by atoms with Crippen LogP contribution >= 0.6 is 0 Å². The summed E-state index contributed by atoms with van der Waals surface area (Å²) < 4.78 is 13.1. The van der Waals surface area contributed by atoms with E-state index in [4.69, 9.17) is 5.11 Å². The van der Waals surface area contributed by atoms with Gasteiger partial charge in [-0.15, -0.1) is 0 Å². The molecule has 1 fully saturated rings. The van der Waals surface area contributed by atoms with Crippen molar-refractivity contribution >= 4 is 22.9 Å². The van der Waals surface area contributed by atoms with Crippen molar-refractivity contribution in [3.05, 3.63) is 29.8 Å². The highest BCUT2D eigenvalue weighted by Crippen LogP contribution is 2.18. The number of hydrogen-bond donors (Lipinski definition) is 2. The van der Waals surface area contributed by atoms with Crippen LogP contribution < -0.4 is 0 Å². The molecular weight excluding hydrogens is 289 g/mol. The number of nitrogens with one attached hydrogen (secondary N) is 1. The van der Waals surface area contributed by atoms with Crippen molar-refractivity contribution in [3.8, 4) is 0 Å². The number of carboxylic acid groups (broad SMARTS) is 1. The first-order valence-electron chi connectivity index (χ1n) is 7.17. The van der Waals surface area contributed by atoms with Crippen LogP contribution in [0.4, 0.5) is 4.39 Å². The van der Waals surface area contributed by atoms with Gasteiger partial charge in [0.2, 0.25) is 5.91 Å². The fraction of sp³-hybridized carbons (Fsp3) is 0.400. The van der Waals surface area contributed by atoms with Gasteiger partial charge in [-0.2, -0.15) is 0 Å². The Hall–Kier alpha value is -2.44. The SMILES string of the molecule is O=C(O)[C@H]1CCN(C(=O)CCc2nc3ccc(F)cc3[nH]2)C1. The third-order valence-electron chi connectivity index (χ3n) is 3.96. The zero-order valence-corrected chi connectivity index (χ0v) is 11.9. The van der Waals surface area contributed by atoms with E-state index in [1.807, 2.05) is 0 Å². The Morgan fingerprint density at radius 1 is 1.45 bits per heavy atom. The minimum absolute atomic E-state index is 0.0737. The standard InChI is InChI=1S/C15H16FN3O3/c16-10-1-2-11-12(7-10)18-13(17-11)3-4-14(20)19-6-5-9(8-19)15(21)22/h1-2,7,9H,3-6,8H2,(H,17,18)(H,21,22)/t9-/m0/s1. The molecule has 0 spiro atoms. The third kappa shape index (κ3) is 2.93. The van der Waals surface area contributed by atoms with Crippen LogP contribution in [0.3, 0.4) is 0 Å². The molecule has 0 bridgehead atoms. The molecule has 6 nitrogen and oxygen atoms in total. The molecule has 116 valence electrons. The van der Waals surface area contributed by atoms with Gasteiger partial charge in [-0.05, 0) is 24.6 Å². The Morgan fingerprint density at radius 3 is 3.00 bits per heavy atom. The van der Waals surface area contributed by atoms with E-state index in [0.717, 1.165) is 0 Å². The largest absolute Gasteiger partial charge is 0.481 e. The van der Waals surface area contributed by atoms with Crippen LogP contribution in [0.1, 0.15) is 18.7 Å². The summed E-state index contributed by atoms with van der Waals surface area (Å²) in [6, 6.07) is 4.30. The number of aryl methyl sites for hydroxylation is 1. The number of benzene rings is 1. The van der Waals surface area contributed by atoms with Crippen molar-refractivity contribution in [1.82, 2.24) is 14.9 Å². The molecule has 1 aliphatic rings.